The number of hydrogen-bond acceptors (Lipinski definition) is 5. The van der Waals surface area contributed by atoms with Crippen LogP contribution < -0.4 is 4.72 Å². The maximum Gasteiger partial charge on any atom is 0.329 e. The molecule has 2 bridgehead atoms. The van der Waals surface area contributed by atoms with Gasteiger partial charge < -0.3 is 14.6 Å². The number of hydrogen-bond donors (Lipinski definition) is 2. The van der Waals surface area contributed by atoms with E-state index in [1.807, 2.05) is 0 Å². The Morgan fingerprint density at radius 2 is 1.92 bits per heavy atom. The van der Waals surface area contributed by atoms with Crippen LogP contribution in [0.25, 0.3) is 0 Å². The molecule has 1 heterocycles. The van der Waals surface area contributed by atoms with Crippen molar-refractivity contribution in [3.63, 3.8) is 0 Å². The molecule has 2 aromatic rings. The minimum atomic E-state index is -3.83. The monoisotopic (exact) mass is 559 g/mol. The molecular formula is C25H28Cl2FNO6S. The molecular weight excluding hydrogens is 532 g/mol. The molecule has 196 valence electrons. The van der Waals surface area contributed by atoms with Crippen molar-refractivity contribution in [3.8, 4) is 0 Å². The second kappa shape index (κ2) is 11.3. The molecule has 1 saturated heterocycles. The number of fused-ring (bicyclic) bond motifs is 2. The van der Waals surface area contributed by atoms with Crippen LogP contribution in [0.3, 0.4) is 0 Å². The summed E-state index contributed by atoms with van der Waals surface area (Å²) in [5, 5.41) is 9.15. The van der Waals surface area contributed by atoms with E-state index in [9.17, 15) is 17.6 Å². The van der Waals surface area contributed by atoms with Crippen LogP contribution in [0.2, 0.25) is 10.0 Å². The molecule has 0 radical (unpaired) electrons. The van der Waals surface area contributed by atoms with Crippen molar-refractivity contribution >= 4 is 39.2 Å². The van der Waals surface area contributed by atoms with E-state index < -0.39 is 16.0 Å². The van der Waals surface area contributed by atoms with E-state index in [1.165, 1.54) is 30.3 Å². The predicted molar refractivity (Wildman–Crippen MR) is 133 cm³/mol. The van der Waals surface area contributed by atoms with E-state index in [1.54, 1.807) is 12.1 Å². The summed E-state index contributed by atoms with van der Waals surface area (Å²) in [4.78, 5) is 10.7. The van der Waals surface area contributed by atoms with Gasteiger partial charge in [-0.25, -0.2) is 22.3 Å². The van der Waals surface area contributed by atoms with E-state index >= 15 is 0 Å². The third kappa shape index (κ3) is 5.87. The van der Waals surface area contributed by atoms with E-state index in [4.69, 9.17) is 37.8 Å². The Morgan fingerprint density at radius 1 is 1.17 bits per heavy atom. The molecule has 0 spiro atoms. The minimum Gasteiger partial charge on any atom is -0.480 e. The van der Waals surface area contributed by atoms with Gasteiger partial charge in [-0.2, -0.15) is 0 Å². The minimum absolute atomic E-state index is 0.0290. The lowest BCUT2D eigenvalue weighted by Crippen LogP contribution is -2.44. The normalized spacial score (nSPS) is 25.4. The first-order valence-electron chi connectivity index (χ1n) is 11.7. The van der Waals surface area contributed by atoms with Gasteiger partial charge >= 0.3 is 5.97 Å². The Balaban J connectivity index is 1.50. The molecule has 2 N–H and O–H groups in total. The quantitative estimate of drug-likeness (QED) is 0.367. The second-order valence-corrected chi connectivity index (χ2v) is 11.9. The Labute approximate surface area is 219 Å². The molecule has 7 nitrogen and oxygen atoms in total. The van der Waals surface area contributed by atoms with Gasteiger partial charge in [0.2, 0.25) is 10.0 Å². The molecule has 2 aliphatic rings. The second-order valence-electron chi connectivity index (χ2n) is 9.36. The van der Waals surface area contributed by atoms with Crippen molar-refractivity contribution < 1.29 is 32.2 Å². The molecule has 2 aromatic carbocycles. The largest absolute Gasteiger partial charge is 0.480 e. The van der Waals surface area contributed by atoms with Crippen molar-refractivity contribution in [2.24, 2.45) is 11.8 Å². The Bertz CT molecular complexity index is 1200. The molecule has 11 heteroatoms. The third-order valence-electron chi connectivity index (χ3n) is 7.23. The van der Waals surface area contributed by atoms with Crippen LogP contribution in [0.4, 0.5) is 4.39 Å². The van der Waals surface area contributed by atoms with Crippen molar-refractivity contribution in [3.05, 3.63) is 63.9 Å². The highest BCUT2D eigenvalue weighted by Crippen LogP contribution is 2.56. The van der Waals surface area contributed by atoms with Crippen LogP contribution >= 0.6 is 23.2 Å². The molecule has 0 amide bonds. The lowest BCUT2D eigenvalue weighted by atomic mass is 9.69. The van der Waals surface area contributed by atoms with Crippen molar-refractivity contribution in [2.45, 2.75) is 42.1 Å². The first-order valence-corrected chi connectivity index (χ1v) is 14.0. The summed E-state index contributed by atoms with van der Waals surface area (Å²) in [7, 11) is -3.83. The Kier molecular flexibility index (Phi) is 8.59. The lowest BCUT2D eigenvalue weighted by molar-refractivity contribution is -0.142. The van der Waals surface area contributed by atoms with E-state index in [-0.39, 0.29) is 57.3 Å². The number of sulfonamides is 1. The molecule has 4 atom stereocenters. The maximum absolute atomic E-state index is 13.6. The molecule has 1 saturated carbocycles. The van der Waals surface area contributed by atoms with Crippen LogP contribution in [-0.4, -0.2) is 52.0 Å². The highest BCUT2D eigenvalue weighted by Gasteiger charge is 2.59. The zero-order valence-corrected chi connectivity index (χ0v) is 21.8. The maximum atomic E-state index is 13.6. The van der Waals surface area contributed by atoms with Gasteiger partial charge in [-0.15, -0.1) is 0 Å². The van der Waals surface area contributed by atoms with Gasteiger partial charge in [0, 0.05) is 24.5 Å². The summed E-state index contributed by atoms with van der Waals surface area (Å²) in [6, 6.07) is 10.6. The van der Waals surface area contributed by atoms with Crippen molar-refractivity contribution in [1.82, 2.24) is 4.72 Å². The van der Waals surface area contributed by atoms with Crippen LogP contribution in [0.5, 0.6) is 0 Å². The Morgan fingerprint density at radius 3 is 2.61 bits per heavy atom. The summed E-state index contributed by atoms with van der Waals surface area (Å²) in [5.74, 6) is -1.34. The van der Waals surface area contributed by atoms with Gasteiger partial charge in [-0.05, 0) is 61.1 Å². The summed E-state index contributed by atoms with van der Waals surface area (Å²) in [6.45, 7) is 0.658. The van der Waals surface area contributed by atoms with Gasteiger partial charge in [-0.3, -0.25) is 0 Å². The van der Waals surface area contributed by atoms with Crippen LogP contribution in [0.1, 0.15) is 31.2 Å². The average molecular weight is 560 g/mol. The van der Waals surface area contributed by atoms with Crippen LogP contribution in [0, 0.1) is 17.7 Å². The fourth-order valence-corrected chi connectivity index (χ4v) is 7.02. The van der Waals surface area contributed by atoms with Gasteiger partial charge in [-0.1, -0.05) is 41.8 Å². The van der Waals surface area contributed by atoms with E-state index in [2.05, 4.69) is 4.72 Å². The number of nitrogens with one attached hydrogen (secondary N) is 1. The average Bonchev–Trinajstić information content (AvgIpc) is 3.40. The smallest absolute Gasteiger partial charge is 0.329 e. The number of benzene rings is 2. The molecule has 36 heavy (non-hydrogen) atoms. The van der Waals surface area contributed by atoms with Gasteiger partial charge in [0.1, 0.15) is 12.4 Å². The molecule has 1 aliphatic heterocycles. The fraction of sp³-hybridized carbons (Fsp3) is 0.480. The number of halogens is 3. The number of ether oxygens (including phenoxy) is 2. The highest BCUT2D eigenvalue weighted by atomic mass is 35.5. The van der Waals surface area contributed by atoms with Crippen molar-refractivity contribution in [1.29, 1.82) is 0 Å². The SMILES string of the molecule is O=C(O)COCCCC[C@H]1[C@H](CNS(=O)(=O)c2ccc(Cl)c(Cl)c2)C2CC1(c1ccc(F)cc1)CO2. The summed E-state index contributed by atoms with van der Waals surface area (Å²) >= 11 is 11.9. The molecule has 1 aliphatic carbocycles. The first-order chi connectivity index (χ1) is 17.1. The number of carboxylic acids is 1. The molecule has 2 fully saturated rings. The number of rotatable bonds is 12. The number of carbonyl (C=O) groups is 1. The number of unbranched alkanes of at least 4 members (excludes halogenated alkanes) is 1. The van der Waals surface area contributed by atoms with Crippen molar-refractivity contribution in [2.75, 3.05) is 26.4 Å². The first kappa shape index (κ1) is 27.3. The summed E-state index contributed by atoms with van der Waals surface area (Å²) < 4.78 is 53.6. The third-order valence-corrected chi connectivity index (χ3v) is 9.39. The van der Waals surface area contributed by atoms with Crippen LogP contribution in [0.15, 0.2) is 47.4 Å². The topological polar surface area (TPSA) is 102 Å². The predicted octanol–water partition coefficient (Wildman–Crippen LogP) is 4.66. The fourth-order valence-electron chi connectivity index (χ4n) is 5.56. The molecule has 4 rings (SSSR count). The number of aliphatic carboxylic acids is 1. The number of carboxylic acid groups (broad SMARTS) is 1. The van der Waals surface area contributed by atoms with Crippen LogP contribution in [-0.2, 0) is 29.7 Å². The van der Waals surface area contributed by atoms with Gasteiger partial charge in [0.05, 0.1) is 27.7 Å². The van der Waals surface area contributed by atoms with E-state index in [0.29, 0.717) is 19.6 Å². The zero-order chi connectivity index (χ0) is 25.9. The zero-order valence-electron chi connectivity index (χ0n) is 19.5. The summed E-state index contributed by atoms with van der Waals surface area (Å²) in [5.41, 5.74) is 0.633. The van der Waals surface area contributed by atoms with Gasteiger partial charge in [0.15, 0.2) is 0 Å². The lowest BCUT2D eigenvalue weighted by Gasteiger charge is -2.40. The molecule has 0 aromatic heterocycles. The standard InChI is InChI=1S/C25H28Cl2FNO6S/c26-21-9-8-18(11-22(21)27)36(32,33)29-13-19-20(3-1-2-10-34-14-24(30)31)25(12-23(19)35-15-25)16-4-6-17(28)7-5-16/h4-9,11,19-20,23,29H,1-3,10,12-15H2,(H,30,31)/t19-,20-,23?,25?/m0/s1. The summed E-state index contributed by atoms with van der Waals surface area (Å²) in [6.07, 6.45) is 2.80. The molecule has 2 unspecified atom stereocenters. The highest BCUT2D eigenvalue weighted by molar-refractivity contribution is 7.89. The van der Waals surface area contributed by atoms with Gasteiger partial charge in [0.25, 0.3) is 0 Å². The Hall–Kier alpha value is -1.75. The van der Waals surface area contributed by atoms with E-state index in [0.717, 1.165) is 24.8 Å².